The average molecular weight is 463 g/mol. The van der Waals surface area contributed by atoms with Gasteiger partial charge in [-0.15, -0.1) is 6.58 Å². The Morgan fingerprint density at radius 2 is 1.88 bits per heavy atom. The molecular weight excluding hydrogens is 432 g/mol. The Morgan fingerprint density at radius 1 is 1.15 bits per heavy atom. The second-order valence-electron chi connectivity index (χ2n) is 9.51. The molecule has 0 saturated heterocycles. The summed E-state index contributed by atoms with van der Waals surface area (Å²) >= 11 is 0. The summed E-state index contributed by atoms with van der Waals surface area (Å²) in [6.07, 6.45) is 3.78. The van der Waals surface area contributed by atoms with Crippen molar-refractivity contribution >= 4 is 11.8 Å². The molecule has 0 aromatic heterocycles. The molecule has 2 heterocycles. The minimum atomic E-state index is -1.02. The zero-order chi connectivity index (χ0) is 23.9. The highest BCUT2D eigenvalue weighted by molar-refractivity contribution is 6.21. The summed E-state index contributed by atoms with van der Waals surface area (Å²) in [5, 5.41) is 25.7. The maximum Gasteiger partial charge on any atom is 0.261 e. The van der Waals surface area contributed by atoms with Gasteiger partial charge >= 0.3 is 0 Å². The molecule has 3 aliphatic rings. The summed E-state index contributed by atoms with van der Waals surface area (Å²) in [6, 6.07) is 11.5. The molecule has 1 fully saturated rings. The number of amides is 2. The highest BCUT2D eigenvalue weighted by Crippen LogP contribution is 2.46. The molecule has 7 nitrogen and oxygen atoms in total. The van der Waals surface area contributed by atoms with Crippen LogP contribution in [0.25, 0.3) is 0 Å². The van der Waals surface area contributed by atoms with Crippen LogP contribution in [0.1, 0.15) is 52.0 Å². The first-order valence-electron chi connectivity index (χ1n) is 11.9. The second kappa shape index (κ2) is 8.89. The molecule has 7 heteroatoms. The van der Waals surface area contributed by atoms with E-state index in [1.54, 1.807) is 42.5 Å². The lowest BCUT2D eigenvalue weighted by atomic mass is 9.67. The summed E-state index contributed by atoms with van der Waals surface area (Å²) in [6.45, 7) is 5.00. The first-order chi connectivity index (χ1) is 16.4. The van der Waals surface area contributed by atoms with Gasteiger partial charge in [0.05, 0.1) is 22.8 Å². The van der Waals surface area contributed by atoms with Crippen molar-refractivity contribution in [3.8, 4) is 11.5 Å². The number of benzene rings is 2. The van der Waals surface area contributed by atoms with Gasteiger partial charge in [-0.1, -0.05) is 24.3 Å². The number of carbonyl (C=O) groups excluding carboxylic acids is 2. The van der Waals surface area contributed by atoms with E-state index < -0.39 is 17.7 Å². The molecule has 0 spiro atoms. The third-order valence-electron chi connectivity index (χ3n) is 7.55. The normalized spacial score (nSPS) is 27.9. The highest BCUT2D eigenvalue weighted by atomic mass is 16.5. The quantitative estimate of drug-likeness (QED) is 0.347. The Hall–Kier alpha value is -3.16. The van der Waals surface area contributed by atoms with Gasteiger partial charge < -0.3 is 20.3 Å². The highest BCUT2D eigenvalue weighted by Gasteiger charge is 2.54. The zero-order valence-electron chi connectivity index (χ0n) is 19.1. The van der Waals surface area contributed by atoms with Gasteiger partial charge in [-0.3, -0.25) is 14.5 Å². The van der Waals surface area contributed by atoms with Crippen molar-refractivity contribution in [1.82, 2.24) is 10.2 Å². The van der Waals surface area contributed by atoms with E-state index >= 15 is 0 Å². The van der Waals surface area contributed by atoms with E-state index in [-0.39, 0.29) is 23.5 Å². The second-order valence-corrected chi connectivity index (χ2v) is 9.51. The van der Waals surface area contributed by atoms with Crippen LogP contribution in [0, 0.1) is 5.92 Å². The molecule has 0 radical (unpaired) electrons. The van der Waals surface area contributed by atoms with Crippen LogP contribution in [0.5, 0.6) is 11.5 Å². The average Bonchev–Trinajstić information content (AvgIpc) is 3.10. The fraction of sp³-hybridized carbons (Fsp3) is 0.407. The number of carbonyl (C=O) groups is 2. The topological polar surface area (TPSA) is 99.1 Å². The Balaban J connectivity index is 1.55. The number of phenolic OH excluding ortho intramolecular Hbond substituents is 1. The van der Waals surface area contributed by atoms with E-state index in [9.17, 15) is 19.8 Å². The van der Waals surface area contributed by atoms with Gasteiger partial charge in [-0.2, -0.15) is 0 Å². The Bertz CT molecular complexity index is 1100. The number of nitrogens with zero attached hydrogens (tertiary/aromatic N) is 1. The Kier molecular flexibility index (Phi) is 5.91. The number of rotatable bonds is 6. The van der Waals surface area contributed by atoms with Crippen LogP contribution in [0.4, 0.5) is 0 Å². The number of phenols is 1. The smallest absolute Gasteiger partial charge is 0.261 e. The van der Waals surface area contributed by atoms with Gasteiger partial charge in [0.1, 0.15) is 6.10 Å². The van der Waals surface area contributed by atoms with E-state index in [0.29, 0.717) is 62.1 Å². The summed E-state index contributed by atoms with van der Waals surface area (Å²) in [7, 11) is 0. The standard InChI is InChI=1S/C27H30N2O5/c1-2-14-28-15-11-20-24-21(29-25(31)18-5-3-4-6-19(18)26(29)32)10-13-27(20,33)12-9-17-7-8-22(30)23(16-17)34-24/h2-8,16,20-21,24,28,30,33H,1,9-15H2. The van der Waals surface area contributed by atoms with Crippen molar-refractivity contribution in [1.29, 1.82) is 0 Å². The van der Waals surface area contributed by atoms with Crippen molar-refractivity contribution in [3.05, 3.63) is 71.8 Å². The van der Waals surface area contributed by atoms with Gasteiger partial charge in [0, 0.05) is 12.5 Å². The van der Waals surface area contributed by atoms with Gasteiger partial charge in [0.25, 0.3) is 11.8 Å². The van der Waals surface area contributed by atoms with Crippen molar-refractivity contribution in [2.45, 2.75) is 49.9 Å². The molecule has 4 atom stereocenters. The summed E-state index contributed by atoms with van der Waals surface area (Å²) in [5.41, 5.74) is 0.739. The van der Waals surface area contributed by atoms with Gasteiger partial charge in [-0.05, 0) is 68.5 Å². The molecule has 4 bridgehead atoms. The van der Waals surface area contributed by atoms with Crippen LogP contribution >= 0.6 is 0 Å². The molecular formula is C27H30N2O5. The van der Waals surface area contributed by atoms with Crippen molar-refractivity contribution < 1.29 is 24.5 Å². The molecule has 2 aliphatic heterocycles. The fourth-order valence-electron chi connectivity index (χ4n) is 5.79. The Labute approximate surface area is 199 Å². The molecule has 2 aromatic rings. The number of fused-ring (bicyclic) bond motifs is 5. The maximum atomic E-state index is 13.3. The lowest BCUT2D eigenvalue weighted by Gasteiger charge is -2.49. The molecule has 5 rings (SSSR count). The lowest BCUT2D eigenvalue weighted by Crippen LogP contribution is -2.61. The summed E-state index contributed by atoms with van der Waals surface area (Å²) < 4.78 is 6.43. The minimum absolute atomic E-state index is 0.00408. The SMILES string of the molecule is C=CCNCCC1C2Oc3cc(ccc3O)CCC1(O)CCC2N1C(=O)c2ccccc2C1=O. The van der Waals surface area contributed by atoms with Crippen LogP contribution in [0.15, 0.2) is 55.1 Å². The number of nitrogens with one attached hydrogen (secondary N) is 1. The van der Waals surface area contributed by atoms with Gasteiger partial charge in [-0.25, -0.2) is 0 Å². The third kappa shape index (κ3) is 3.79. The number of ether oxygens (including phenoxy) is 1. The van der Waals surface area contributed by atoms with Gasteiger partial charge in [0.15, 0.2) is 11.5 Å². The number of imide groups is 1. The molecule has 34 heavy (non-hydrogen) atoms. The molecule has 4 unspecified atom stereocenters. The minimum Gasteiger partial charge on any atom is -0.504 e. The monoisotopic (exact) mass is 462 g/mol. The van der Waals surface area contributed by atoms with E-state index in [4.69, 9.17) is 4.74 Å². The van der Waals surface area contributed by atoms with Crippen molar-refractivity contribution in [2.24, 2.45) is 5.92 Å². The Morgan fingerprint density at radius 3 is 2.59 bits per heavy atom. The summed E-state index contributed by atoms with van der Waals surface area (Å²) in [5.74, 6) is -0.688. The lowest BCUT2D eigenvalue weighted by molar-refractivity contribution is -0.123. The van der Waals surface area contributed by atoms with E-state index in [1.807, 2.05) is 6.07 Å². The van der Waals surface area contributed by atoms with E-state index in [0.717, 1.165) is 5.56 Å². The molecule has 178 valence electrons. The largest absolute Gasteiger partial charge is 0.504 e. The maximum absolute atomic E-state index is 13.3. The predicted octanol–water partition coefficient (Wildman–Crippen LogP) is 3.06. The molecule has 1 saturated carbocycles. The third-order valence-corrected chi connectivity index (χ3v) is 7.55. The van der Waals surface area contributed by atoms with Crippen molar-refractivity contribution in [2.75, 3.05) is 13.1 Å². The van der Waals surface area contributed by atoms with Crippen LogP contribution in [-0.4, -0.2) is 57.8 Å². The van der Waals surface area contributed by atoms with Crippen LogP contribution in [0.3, 0.4) is 0 Å². The van der Waals surface area contributed by atoms with Gasteiger partial charge in [0.2, 0.25) is 0 Å². The number of hydrogen-bond acceptors (Lipinski definition) is 6. The van der Waals surface area contributed by atoms with Crippen LogP contribution in [-0.2, 0) is 6.42 Å². The van der Waals surface area contributed by atoms with E-state index in [1.165, 1.54) is 4.90 Å². The number of aliphatic hydroxyl groups is 1. The fourth-order valence-corrected chi connectivity index (χ4v) is 5.79. The molecule has 3 N–H and O–H groups in total. The molecule has 2 aromatic carbocycles. The summed E-state index contributed by atoms with van der Waals surface area (Å²) in [4.78, 5) is 28.0. The first-order valence-corrected chi connectivity index (χ1v) is 11.9. The number of aromatic hydroxyl groups is 1. The number of hydrogen-bond donors (Lipinski definition) is 3. The molecule has 2 amide bonds. The first kappa shape index (κ1) is 22.6. The zero-order valence-corrected chi connectivity index (χ0v) is 19.1. The van der Waals surface area contributed by atoms with Crippen LogP contribution < -0.4 is 10.1 Å². The van der Waals surface area contributed by atoms with Crippen LogP contribution in [0.2, 0.25) is 0 Å². The van der Waals surface area contributed by atoms with E-state index in [2.05, 4.69) is 11.9 Å². The molecule has 1 aliphatic carbocycles. The number of aryl methyl sites for hydroxylation is 1. The van der Waals surface area contributed by atoms with Crippen molar-refractivity contribution in [3.63, 3.8) is 0 Å². The predicted molar refractivity (Wildman–Crippen MR) is 127 cm³/mol.